The largest absolute Gasteiger partial charge is 0.290 e. The van der Waals surface area contributed by atoms with Gasteiger partial charge in [0.2, 0.25) is 0 Å². The molecule has 0 saturated carbocycles. The second kappa shape index (κ2) is 4.94. The van der Waals surface area contributed by atoms with Gasteiger partial charge in [0.05, 0.1) is 5.54 Å². The molecule has 0 unspecified atom stereocenters. The van der Waals surface area contributed by atoms with Gasteiger partial charge in [0.15, 0.2) is 5.78 Å². The van der Waals surface area contributed by atoms with Crippen LogP contribution in [0.2, 0.25) is 0 Å². The molecular formula is C12H19NO2. The molecule has 0 aromatic carbocycles. The monoisotopic (exact) mass is 209 g/mol. The van der Waals surface area contributed by atoms with Crippen molar-refractivity contribution in [1.29, 1.82) is 0 Å². The Morgan fingerprint density at radius 2 is 1.67 bits per heavy atom. The van der Waals surface area contributed by atoms with E-state index in [2.05, 4.69) is 0 Å². The number of carbonyl (C=O) groups is 1. The lowest BCUT2D eigenvalue weighted by molar-refractivity contribution is -0.111. The van der Waals surface area contributed by atoms with Crippen LogP contribution in [0.3, 0.4) is 0 Å². The topological polar surface area (TPSA) is 40.5 Å². The molecule has 0 heterocycles. The van der Waals surface area contributed by atoms with E-state index in [1.54, 1.807) is 18.4 Å². The minimum Gasteiger partial charge on any atom is -0.290 e. The fraction of sp³-hybridized carbons (Fsp3) is 0.417. The molecule has 0 aromatic rings. The van der Waals surface area contributed by atoms with Gasteiger partial charge in [0, 0.05) is 6.20 Å². The molecule has 0 atom stereocenters. The summed E-state index contributed by atoms with van der Waals surface area (Å²) < 4.78 is 0. The highest BCUT2D eigenvalue weighted by molar-refractivity contribution is 6.01. The van der Waals surface area contributed by atoms with E-state index >= 15 is 0 Å². The molecule has 3 heteroatoms. The molecule has 0 bridgehead atoms. The minimum atomic E-state index is -0.337. The fourth-order valence-electron chi connectivity index (χ4n) is 0.889. The van der Waals surface area contributed by atoms with Crippen LogP contribution in [0.5, 0.6) is 0 Å². The number of hydrogen-bond acceptors (Lipinski definition) is 3. The smallest absolute Gasteiger partial charge is 0.178 e. The Balaban J connectivity index is 0.00000196. The summed E-state index contributed by atoms with van der Waals surface area (Å²) in [5, 5.41) is 10.7. The van der Waals surface area contributed by atoms with Crippen molar-refractivity contribution in [2.75, 3.05) is 0 Å². The quantitative estimate of drug-likeness (QED) is 0.675. The van der Waals surface area contributed by atoms with Crippen LogP contribution in [0.25, 0.3) is 0 Å². The van der Waals surface area contributed by atoms with Crippen molar-refractivity contribution < 1.29 is 10.0 Å². The molecule has 1 N–H and O–H groups in total. The highest BCUT2D eigenvalue weighted by Crippen LogP contribution is 2.14. The number of hydrogen-bond donors (Lipinski definition) is 1. The Bertz CT molecular complexity index is 301. The maximum Gasteiger partial charge on any atom is 0.178 e. The summed E-state index contributed by atoms with van der Waals surface area (Å²) in [7, 11) is 0. The van der Waals surface area contributed by atoms with Crippen molar-refractivity contribution in [3.05, 3.63) is 36.1 Å². The summed E-state index contributed by atoms with van der Waals surface area (Å²) in [6, 6.07) is 0. The molecule has 84 valence electrons. The van der Waals surface area contributed by atoms with Crippen molar-refractivity contribution in [3.63, 3.8) is 0 Å². The second-order valence-electron chi connectivity index (χ2n) is 4.21. The molecule has 0 aliphatic heterocycles. The lowest BCUT2D eigenvalue weighted by Gasteiger charge is -2.28. The van der Waals surface area contributed by atoms with Gasteiger partial charge in [-0.3, -0.25) is 15.1 Å². The van der Waals surface area contributed by atoms with Crippen molar-refractivity contribution in [1.82, 2.24) is 5.06 Å². The third kappa shape index (κ3) is 4.13. The Hall–Kier alpha value is -1.35. The average Bonchev–Trinajstić information content (AvgIpc) is 2.07. The molecule has 0 radical (unpaired) electrons. The SMILES string of the molecule is C.CC(C)(C)N(O)C=C1C=CC(=O)C=C1. The summed E-state index contributed by atoms with van der Waals surface area (Å²) >= 11 is 0. The molecule has 0 saturated heterocycles. The van der Waals surface area contributed by atoms with Crippen molar-refractivity contribution in [2.45, 2.75) is 33.7 Å². The van der Waals surface area contributed by atoms with E-state index < -0.39 is 0 Å². The molecule has 0 spiro atoms. The highest BCUT2D eigenvalue weighted by atomic mass is 16.5. The van der Waals surface area contributed by atoms with Crippen LogP contribution in [-0.2, 0) is 4.79 Å². The first kappa shape index (κ1) is 13.7. The van der Waals surface area contributed by atoms with Crippen molar-refractivity contribution in [3.8, 4) is 0 Å². The van der Waals surface area contributed by atoms with Gasteiger partial charge in [-0.1, -0.05) is 7.43 Å². The maximum atomic E-state index is 10.8. The summed E-state index contributed by atoms with van der Waals surface area (Å²) in [6.07, 6.45) is 7.90. The molecule has 0 amide bonds. The zero-order valence-corrected chi connectivity index (χ0v) is 8.69. The lowest BCUT2D eigenvalue weighted by atomic mass is 10.1. The standard InChI is InChI=1S/C11H15NO2.CH4/c1-11(2,3)12(14)8-9-4-6-10(13)7-5-9;/h4-8,14H,1-3H3;1H4. The lowest BCUT2D eigenvalue weighted by Crippen LogP contribution is -2.34. The van der Waals surface area contributed by atoms with E-state index in [1.807, 2.05) is 20.8 Å². The summed E-state index contributed by atoms with van der Waals surface area (Å²) in [6.45, 7) is 5.68. The Morgan fingerprint density at radius 1 is 1.20 bits per heavy atom. The Morgan fingerprint density at radius 3 is 2.07 bits per heavy atom. The van der Waals surface area contributed by atoms with E-state index in [-0.39, 0.29) is 18.7 Å². The molecule has 1 aliphatic carbocycles. The van der Waals surface area contributed by atoms with Crippen LogP contribution in [0, 0.1) is 0 Å². The number of carbonyl (C=O) groups excluding carboxylic acids is 1. The van der Waals surface area contributed by atoms with Crippen LogP contribution in [0.4, 0.5) is 0 Å². The number of rotatable bonds is 1. The van der Waals surface area contributed by atoms with Crippen LogP contribution in [-0.4, -0.2) is 21.6 Å². The minimum absolute atomic E-state index is 0. The van der Waals surface area contributed by atoms with E-state index in [9.17, 15) is 10.0 Å². The zero-order valence-electron chi connectivity index (χ0n) is 8.69. The normalized spacial score (nSPS) is 14.9. The molecular weight excluding hydrogens is 190 g/mol. The van der Waals surface area contributed by atoms with Gasteiger partial charge in [-0.15, -0.1) is 0 Å². The zero-order chi connectivity index (χ0) is 10.8. The van der Waals surface area contributed by atoms with E-state index in [4.69, 9.17) is 0 Å². The number of ketones is 1. The predicted molar refractivity (Wildman–Crippen MR) is 61.5 cm³/mol. The molecule has 1 aliphatic rings. The fourth-order valence-corrected chi connectivity index (χ4v) is 0.889. The van der Waals surface area contributed by atoms with Crippen LogP contribution >= 0.6 is 0 Å². The van der Waals surface area contributed by atoms with Crippen LogP contribution in [0.1, 0.15) is 28.2 Å². The summed E-state index contributed by atoms with van der Waals surface area (Å²) in [5.41, 5.74) is 0.470. The van der Waals surface area contributed by atoms with Crippen LogP contribution in [0.15, 0.2) is 36.1 Å². The second-order valence-corrected chi connectivity index (χ2v) is 4.21. The molecule has 0 aromatic heterocycles. The highest BCUT2D eigenvalue weighted by Gasteiger charge is 2.16. The number of allylic oxidation sites excluding steroid dienone is 5. The van der Waals surface area contributed by atoms with Gasteiger partial charge in [-0.05, 0) is 50.6 Å². The predicted octanol–water partition coefficient (Wildman–Crippen LogP) is 2.69. The van der Waals surface area contributed by atoms with Gasteiger partial charge < -0.3 is 0 Å². The van der Waals surface area contributed by atoms with Gasteiger partial charge in [-0.25, -0.2) is 0 Å². The van der Waals surface area contributed by atoms with E-state index in [1.165, 1.54) is 12.2 Å². The first-order valence-electron chi connectivity index (χ1n) is 4.50. The Kier molecular flexibility index (Phi) is 4.49. The van der Waals surface area contributed by atoms with Gasteiger partial charge >= 0.3 is 0 Å². The van der Waals surface area contributed by atoms with Gasteiger partial charge in [0.25, 0.3) is 0 Å². The summed E-state index contributed by atoms with van der Waals surface area (Å²) in [5.74, 6) is -0.0256. The third-order valence-corrected chi connectivity index (χ3v) is 1.84. The number of nitrogens with zero attached hydrogens (tertiary/aromatic N) is 1. The first-order chi connectivity index (χ1) is 6.39. The van der Waals surface area contributed by atoms with E-state index in [0.29, 0.717) is 0 Å². The Labute approximate surface area is 91.4 Å². The molecule has 15 heavy (non-hydrogen) atoms. The van der Waals surface area contributed by atoms with E-state index in [0.717, 1.165) is 10.6 Å². The average molecular weight is 209 g/mol. The third-order valence-electron chi connectivity index (χ3n) is 1.84. The van der Waals surface area contributed by atoms with Gasteiger partial charge in [-0.2, -0.15) is 0 Å². The van der Waals surface area contributed by atoms with Crippen LogP contribution < -0.4 is 0 Å². The van der Waals surface area contributed by atoms with Crippen molar-refractivity contribution >= 4 is 5.78 Å². The molecule has 1 rings (SSSR count). The van der Waals surface area contributed by atoms with Crippen molar-refractivity contribution in [2.24, 2.45) is 0 Å². The summed E-state index contributed by atoms with van der Waals surface area (Å²) in [4.78, 5) is 10.8. The number of hydroxylamine groups is 2. The molecule has 0 fully saturated rings. The molecule has 3 nitrogen and oxygen atoms in total. The van der Waals surface area contributed by atoms with Gasteiger partial charge in [0.1, 0.15) is 0 Å². The maximum absolute atomic E-state index is 10.8. The first-order valence-corrected chi connectivity index (χ1v) is 4.50.